The fourth-order valence-corrected chi connectivity index (χ4v) is 2.55. The molecule has 1 aromatic carbocycles. The minimum Gasteiger partial charge on any atom is -0.384 e. The van der Waals surface area contributed by atoms with Crippen molar-refractivity contribution in [2.24, 2.45) is 0 Å². The Bertz CT molecular complexity index is 496. The second kappa shape index (κ2) is 7.56. The van der Waals surface area contributed by atoms with E-state index in [2.05, 4.69) is 15.9 Å². The summed E-state index contributed by atoms with van der Waals surface area (Å²) in [5.74, 6) is 0.110. The van der Waals surface area contributed by atoms with Gasteiger partial charge in [0.2, 0.25) is 5.91 Å². The minimum atomic E-state index is 0.0199. The number of ether oxygens (including phenoxy) is 1. The first-order chi connectivity index (χ1) is 10.1. The number of rotatable bonds is 4. The highest BCUT2D eigenvalue weighted by atomic mass is 79.9. The van der Waals surface area contributed by atoms with Gasteiger partial charge in [-0.05, 0) is 24.3 Å². The topological polar surface area (TPSA) is 49.9 Å². The molecule has 2 rings (SSSR count). The lowest BCUT2D eigenvalue weighted by atomic mass is 10.2. The number of piperazine rings is 1. The van der Waals surface area contributed by atoms with Gasteiger partial charge in [-0.2, -0.15) is 0 Å². The molecule has 1 aliphatic rings. The predicted octanol–water partition coefficient (Wildman–Crippen LogP) is 1.77. The quantitative estimate of drug-likeness (QED) is 0.827. The van der Waals surface area contributed by atoms with Gasteiger partial charge in [0, 0.05) is 43.3 Å². The molecular weight excluding hydrogens is 336 g/mol. The number of methoxy groups -OCH3 is 1. The van der Waals surface area contributed by atoms with Crippen molar-refractivity contribution in [1.82, 2.24) is 9.80 Å². The van der Waals surface area contributed by atoms with Gasteiger partial charge in [-0.3, -0.25) is 9.59 Å². The first kappa shape index (κ1) is 16.0. The van der Waals surface area contributed by atoms with Crippen molar-refractivity contribution in [2.75, 3.05) is 39.9 Å². The van der Waals surface area contributed by atoms with Crippen molar-refractivity contribution in [2.45, 2.75) is 6.42 Å². The summed E-state index contributed by atoms with van der Waals surface area (Å²) in [5.41, 5.74) is 0.678. The third-order valence-corrected chi connectivity index (χ3v) is 4.06. The summed E-state index contributed by atoms with van der Waals surface area (Å²) in [6.07, 6.45) is 0.400. The molecule has 1 aliphatic heterocycles. The Balaban J connectivity index is 1.87. The predicted molar refractivity (Wildman–Crippen MR) is 83.1 cm³/mol. The molecule has 0 aliphatic carbocycles. The Hall–Kier alpha value is -1.40. The van der Waals surface area contributed by atoms with Crippen molar-refractivity contribution in [3.05, 3.63) is 34.3 Å². The van der Waals surface area contributed by atoms with Crippen LogP contribution in [0.3, 0.4) is 0 Å². The Morgan fingerprint density at radius 2 is 1.67 bits per heavy atom. The number of hydrogen-bond acceptors (Lipinski definition) is 3. The molecule has 0 bridgehead atoms. The van der Waals surface area contributed by atoms with Crippen molar-refractivity contribution < 1.29 is 14.3 Å². The van der Waals surface area contributed by atoms with E-state index in [9.17, 15) is 9.59 Å². The molecular formula is C15H19BrN2O3. The maximum Gasteiger partial charge on any atom is 0.253 e. The molecule has 0 atom stereocenters. The van der Waals surface area contributed by atoms with Gasteiger partial charge < -0.3 is 14.5 Å². The normalized spacial score (nSPS) is 15.1. The molecule has 0 saturated carbocycles. The Morgan fingerprint density at radius 1 is 1.10 bits per heavy atom. The highest BCUT2D eigenvalue weighted by Crippen LogP contribution is 2.14. The SMILES string of the molecule is COCCC(=O)N1CCN(C(=O)c2ccc(Br)cc2)CC1. The van der Waals surface area contributed by atoms with Crippen LogP contribution in [-0.4, -0.2) is 61.5 Å². The van der Waals surface area contributed by atoms with Crippen LogP contribution in [0.25, 0.3) is 0 Å². The van der Waals surface area contributed by atoms with E-state index < -0.39 is 0 Å². The summed E-state index contributed by atoms with van der Waals surface area (Å²) < 4.78 is 5.87. The van der Waals surface area contributed by atoms with Crippen LogP contribution in [0.5, 0.6) is 0 Å². The number of carbonyl (C=O) groups is 2. The van der Waals surface area contributed by atoms with Gasteiger partial charge in [0.15, 0.2) is 0 Å². The first-order valence-corrected chi connectivity index (χ1v) is 7.72. The molecule has 0 unspecified atom stereocenters. The molecule has 1 saturated heterocycles. The molecule has 2 amide bonds. The molecule has 0 radical (unpaired) electrons. The van der Waals surface area contributed by atoms with Crippen LogP contribution < -0.4 is 0 Å². The van der Waals surface area contributed by atoms with E-state index in [1.807, 2.05) is 24.3 Å². The van der Waals surface area contributed by atoms with Gasteiger partial charge in [-0.1, -0.05) is 15.9 Å². The summed E-state index contributed by atoms with van der Waals surface area (Å²) in [4.78, 5) is 27.8. The van der Waals surface area contributed by atoms with E-state index >= 15 is 0 Å². The molecule has 0 aromatic heterocycles. The van der Waals surface area contributed by atoms with E-state index in [0.29, 0.717) is 44.8 Å². The van der Waals surface area contributed by atoms with Crippen molar-refractivity contribution in [1.29, 1.82) is 0 Å². The van der Waals surface area contributed by atoms with Gasteiger partial charge in [-0.15, -0.1) is 0 Å². The van der Waals surface area contributed by atoms with Gasteiger partial charge >= 0.3 is 0 Å². The lowest BCUT2D eigenvalue weighted by Crippen LogP contribution is -2.50. The maximum absolute atomic E-state index is 12.3. The fraction of sp³-hybridized carbons (Fsp3) is 0.467. The van der Waals surface area contributed by atoms with Crippen molar-refractivity contribution >= 4 is 27.7 Å². The Labute approximate surface area is 133 Å². The zero-order valence-electron chi connectivity index (χ0n) is 12.0. The summed E-state index contributed by atoms with van der Waals surface area (Å²) >= 11 is 3.36. The van der Waals surface area contributed by atoms with Gasteiger partial charge in [0.05, 0.1) is 13.0 Å². The average molecular weight is 355 g/mol. The summed E-state index contributed by atoms with van der Waals surface area (Å²) in [6.45, 7) is 2.77. The van der Waals surface area contributed by atoms with Crippen LogP contribution in [0.1, 0.15) is 16.8 Å². The minimum absolute atomic E-state index is 0.0199. The van der Waals surface area contributed by atoms with E-state index in [4.69, 9.17) is 4.74 Å². The van der Waals surface area contributed by atoms with Crippen LogP contribution in [-0.2, 0) is 9.53 Å². The van der Waals surface area contributed by atoms with E-state index in [-0.39, 0.29) is 11.8 Å². The summed E-state index contributed by atoms with van der Waals surface area (Å²) in [5, 5.41) is 0. The second-order valence-electron chi connectivity index (χ2n) is 4.92. The van der Waals surface area contributed by atoms with Crippen LogP contribution >= 0.6 is 15.9 Å². The van der Waals surface area contributed by atoms with Crippen molar-refractivity contribution in [3.63, 3.8) is 0 Å². The average Bonchev–Trinajstić information content (AvgIpc) is 2.53. The summed E-state index contributed by atoms with van der Waals surface area (Å²) in [7, 11) is 1.59. The van der Waals surface area contributed by atoms with E-state index in [1.165, 1.54) is 0 Å². The van der Waals surface area contributed by atoms with Crippen LogP contribution in [0.15, 0.2) is 28.7 Å². The second-order valence-corrected chi connectivity index (χ2v) is 5.84. The Kier molecular flexibility index (Phi) is 5.76. The highest BCUT2D eigenvalue weighted by molar-refractivity contribution is 9.10. The molecule has 0 N–H and O–H groups in total. The monoisotopic (exact) mass is 354 g/mol. The molecule has 1 heterocycles. The Morgan fingerprint density at radius 3 is 2.24 bits per heavy atom. The number of benzene rings is 1. The third-order valence-electron chi connectivity index (χ3n) is 3.53. The number of halogens is 1. The number of hydrogen-bond donors (Lipinski definition) is 0. The van der Waals surface area contributed by atoms with E-state index in [0.717, 1.165) is 4.47 Å². The van der Waals surface area contributed by atoms with Gasteiger partial charge in [-0.25, -0.2) is 0 Å². The summed E-state index contributed by atoms with van der Waals surface area (Å²) in [6, 6.07) is 7.33. The van der Waals surface area contributed by atoms with E-state index in [1.54, 1.807) is 16.9 Å². The lowest BCUT2D eigenvalue weighted by molar-refractivity contribution is -0.133. The van der Waals surface area contributed by atoms with Crippen molar-refractivity contribution in [3.8, 4) is 0 Å². The van der Waals surface area contributed by atoms with Crippen LogP contribution in [0.2, 0.25) is 0 Å². The highest BCUT2D eigenvalue weighted by Gasteiger charge is 2.24. The third kappa shape index (κ3) is 4.28. The number of amides is 2. The van der Waals surface area contributed by atoms with Gasteiger partial charge in [0.1, 0.15) is 0 Å². The smallest absolute Gasteiger partial charge is 0.253 e. The zero-order chi connectivity index (χ0) is 15.2. The van der Waals surface area contributed by atoms with Gasteiger partial charge in [0.25, 0.3) is 5.91 Å². The molecule has 21 heavy (non-hydrogen) atoms. The molecule has 0 spiro atoms. The maximum atomic E-state index is 12.3. The zero-order valence-corrected chi connectivity index (χ0v) is 13.6. The number of nitrogens with zero attached hydrogens (tertiary/aromatic N) is 2. The molecule has 5 nitrogen and oxygen atoms in total. The molecule has 6 heteroatoms. The first-order valence-electron chi connectivity index (χ1n) is 6.93. The lowest BCUT2D eigenvalue weighted by Gasteiger charge is -2.34. The largest absolute Gasteiger partial charge is 0.384 e. The molecule has 1 aromatic rings. The molecule has 1 fully saturated rings. The fourth-order valence-electron chi connectivity index (χ4n) is 2.28. The standard InChI is InChI=1S/C15H19BrN2O3/c1-21-11-6-14(19)17-7-9-18(10-8-17)15(20)12-2-4-13(16)5-3-12/h2-5H,6-11H2,1H3. The van der Waals surface area contributed by atoms with Crippen LogP contribution in [0.4, 0.5) is 0 Å². The number of carbonyl (C=O) groups excluding carboxylic acids is 2. The van der Waals surface area contributed by atoms with Crippen LogP contribution in [0, 0.1) is 0 Å². The molecule has 114 valence electrons.